The lowest BCUT2D eigenvalue weighted by Crippen LogP contribution is -2.63. The van der Waals surface area contributed by atoms with E-state index in [1.807, 2.05) is 0 Å². The molecule has 0 bridgehead atoms. The summed E-state index contributed by atoms with van der Waals surface area (Å²) < 4.78 is 0. The molecule has 0 aromatic heterocycles. The number of ketones is 3. The van der Waals surface area contributed by atoms with Crippen molar-refractivity contribution in [1.29, 1.82) is 0 Å². The number of carbonyl (C=O) groups is 3. The van der Waals surface area contributed by atoms with E-state index in [2.05, 4.69) is 57.2 Å². The first-order valence-corrected chi connectivity index (χ1v) is 27.4. The first-order valence-electron chi connectivity index (χ1n) is 27.4. The highest BCUT2D eigenvalue weighted by atomic mass is 16.4. The van der Waals surface area contributed by atoms with Crippen LogP contribution >= 0.6 is 0 Å². The van der Waals surface area contributed by atoms with E-state index < -0.39 is 35.2 Å². The molecule has 0 rings (SSSR count). The van der Waals surface area contributed by atoms with E-state index in [-0.39, 0.29) is 19.3 Å². The Morgan fingerprint density at radius 1 is 0.333 bits per heavy atom. The number of aliphatic hydroxyl groups excluding tert-OH is 2. The lowest BCUT2D eigenvalue weighted by atomic mass is 9.78. The highest BCUT2D eigenvalue weighted by Gasteiger charge is 2.53. The van der Waals surface area contributed by atoms with Crippen molar-refractivity contribution in [2.45, 2.75) is 308 Å². The average molecular weight is 885 g/mol. The molecule has 0 spiro atoms. The third-order valence-electron chi connectivity index (χ3n) is 12.9. The number of hydrogen-bond acceptors (Lipinski definition) is 6. The number of unbranched alkanes of at least 4 members (excludes halogenated alkanes) is 33. The highest BCUT2D eigenvalue weighted by Crippen LogP contribution is 2.26. The molecule has 0 saturated heterocycles. The van der Waals surface area contributed by atoms with E-state index in [0.717, 1.165) is 116 Å². The van der Waals surface area contributed by atoms with E-state index in [9.17, 15) is 29.7 Å². The molecule has 0 aliphatic carbocycles. The number of aliphatic hydroxyl groups is 3. The lowest BCUT2D eigenvalue weighted by Gasteiger charge is -2.34. The van der Waals surface area contributed by atoms with Gasteiger partial charge < -0.3 is 15.3 Å². The van der Waals surface area contributed by atoms with Crippen molar-refractivity contribution in [2.24, 2.45) is 0 Å². The van der Waals surface area contributed by atoms with Crippen LogP contribution in [-0.4, -0.2) is 50.5 Å². The van der Waals surface area contributed by atoms with Crippen LogP contribution in [-0.2, 0) is 14.4 Å². The molecular weight excluding hydrogens is 781 g/mol. The van der Waals surface area contributed by atoms with Crippen molar-refractivity contribution in [2.75, 3.05) is 0 Å². The van der Waals surface area contributed by atoms with Gasteiger partial charge in [-0.25, -0.2) is 0 Å². The maximum atomic E-state index is 13.6. The highest BCUT2D eigenvalue weighted by molar-refractivity contribution is 6.01. The topological polar surface area (TPSA) is 112 Å². The Morgan fingerprint density at radius 2 is 0.540 bits per heavy atom. The van der Waals surface area contributed by atoms with Crippen molar-refractivity contribution in [3.8, 4) is 0 Å². The molecule has 0 radical (unpaired) electrons. The zero-order valence-corrected chi connectivity index (χ0v) is 41.9. The van der Waals surface area contributed by atoms with Gasteiger partial charge in [-0.05, 0) is 96.3 Å². The van der Waals surface area contributed by atoms with Crippen LogP contribution in [0.15, 0.2) is 36.5 Å². The summed E-state index contributed by atoms with van der Waals surface area (Å²) in [5.74, 6) is -2.17. The molecule has 0 saturated carbocycles. The van der Waals surface area contributed by atoms with Gasteiger partial charge in [0.15, 0.2) is 35.2 Å². The maximum absolute atomic E-state index is 13.6. The molecule has 0 amide bonds. The van der Waals surface area contributed by atoms with Gasteiger partial charge in [0.25, 0.3) is 0 Å². The van der Waals surface area contributed by atoms with E-state index in [1.54, 1.807) is 0 Å². The lowest BCUT2D eigenvalue weighted by molar-refractivity contribution is -0.181. The monoisotopic (exact) mass is 885 g/mol. The van der Waals surface area contributed by atoms with Gasteiger partial charge in [0.1, 0.15) is 0 Å². The van der Waals surface area contributed by atoms with Crippen LogP contribution in [0.5, 0.6) is 0 Å². The zero-order valence-electron chi connectivity index (χ0n) is 41.9. The number of Topliss-reactive ketones (excluding diaryl/α,β-unsaturated/α-hetero) is 3. The largest absolute Gasteiger partial charge is 0.382 e. The zero-order chi connectivity index (χ0) is 46.3. The second-order valence-electron chi connectivity index (χ2n) is 19.0. The van der Waals surface area contributed by atoms with Crippen LogP contribution in [0.2, 0.25) is 0 Å². The maximum Gasteiger partial charge on any atom is 0.189 e. The summed E-state index contributed by atoms with van der Waals surface area (Å²) >= 11 is 0. The molecule has 63 heavy (non-hydrogen) atoms. The van der Waals surface area contributed by atoms with Crippen LogP contribution in [0.4, 0.5) is 0 Å². The summed E-state index contributed by atoms with van der Waals surface area (Å²) in [6, 6.07) is 0. The Morgan fingerprint density at radius 3 is 0.794 bits per heavy atom. The van der Waals surface area contributed by atoms with Gasteiger partial charge in [-0.15, -0.1) is 0 Å². The number of carbonyl (C=O) groups excluding carboxylic acids is 3. The van der Waals surface area contributed by atoms with E-state index in [1.165, 1.54) is 116 Å². The quantitative estimate of drug-likeness (QED) is 0.0414. The van der Waals surface area contributed by atoms with Crippen LogP contribution in [0, 0.1) is 0 Å². The van der Waals surface area contributed by atoms with E-state index >= 15 is 0 Å². The van der Waals surface area contributed by atoms with E-state index in [4.69, 9.17) is 0 Å². The fourth-order valence-electron chi connectivity index (χ4n) is 8.52. The Kier molecular flexibility index (Phi) is 45.2. The average Bonchev–Trinajstić information content (AvgIpc) is 3.29. The first-order chi connectivity index (χ1) is 30.8. The minimum atomic E-state index is -2.82. The van der Waals surface area contributed by atoms with Crippen molar-refractivity contribution in [1.82, 2.24) is 0 Å². The summed E-state index contributed by atoms with van der Waals surface area (Å²) in [4.78, 5) is 40.2. The molecule has 0 aliphatic heterocycles. The summed E-state index contributed by atoms with van der Waals surface area (Å²) in [6.07, 6.45) is 52.9. The van der Waals surface area contributed by atoms with Crippen LogP contribution in [0.1, 0.15) is 290 Å². The third-order valence-corrected chi connectivity index (χ3v) is 12.9. The predicted octanol–water partition coefficient (Wildman–Crippen LogP) is 16.3. The van der Waals surface area contributed by atoms with Gasteiger partial charge in [-0.1, -0.05) is 211 Å². The Bertz CT molecular complexity index is 1070. The smallest absolute Gasteiger partial charge is 0.189 e. The van der Waals surface area contributed by atoms with Crippen molar-refractivity contribution >= 4 is 17.3 Å². The fraction of sp³-hybridized carbons (Fsp3) is 0.842. The number of hydrogen-bond donors (Lipinski definition) is 3. The predicted molar refractivity (Wildman–Crippen MR) is 270 cm³/mol. The summed E-state index contributed by atoms with van der Waals surface area (Å²) in [5, 5.41) is 34.2. The Labute approximate surface area is 390 Å². The van der Waals surface area contributed by atoms with Crippen molar-refractivity contribution < 1.29 is 29.7 Å². The molecule has 0 aromatic carbocycles. The minimum absolute atomic E-state index is 0.00251. The SMILES string of the molecule is CCCCCCCC/C=C\CCCCCCCC(=O)C(O)C(O)(C(=O)CCCCCCC/C=C\CCCCCCCC)C(O)C(=O)CCCCCCC/C=C\CCCCCCCC. The molecular formula is C57H104O6. The van der Waals surface area contributed by atoms with Gasteiger partial charge >= 0.3 is 0 Å². The molecule has 2 unspecified atom stereocenters. The standard InChI is InChI=1S/C57H104O6/c1-4-7-10-13-16-19-22-25-28-31-34-37-40-43-46-49-52(58)55(61)57(63,54(60)51-48-45-42-39-36-33-30-27-24-21-18-15-12-9-6-3)56(62)53(59)50-47-44-41-38-35-32-29-26-23-20-17-14-11-8-5-2/h25-30,55-56,61-63H,4-24,31-51H2,1-3H3/b28-25-,29-26-,30-27-. The van der Waals surface area contributed by atoms with Gasteiger partial charge in [0.05, 0.1) is 0 Å². The summed E-state index contributed by atoms with van der Waals surface area (Å²) in [6.45, 7) is 6.74. The normalized spacial score (nSPS) is 14.0. The molecule has 0 aromatic rings. The Hall–Kier alpha value is -1.89. The molecule has 0 aliphatic rings. The van der Waals surface area contributed by atoms with Gasteiger partial charge in [0.2, 0.25) is 0 Å². The first kappa shape index (κ1) is 61.1. The third kappa shape index (κ3) is 36.0. The molecule has 6 heteroatoms. The second-order valence-corrected chi connectivity index (χ2v) is 19.0. The number of allylic oxidation sites excluding steroid dienone is 6. The van der Waals surface area contributed by atoms with Crippen molar-refractivity contribution in [3.05, 3.63) is 36.5 Å². The van der Waals surface area contributed by atoms with Gasteiger partial charge in [-0.2, -0.15) is 0 Å². The minimum Gasteiger partial charge on any atom is -0.382 e. The van der Waals surface area contributed by atoms with Crippen LogP contribution in [0.25, 0.3) is 0 Å². The molecule has 2 atom stereocenters. The molecule has 0 fully saturated rings. The number of rotatable bonds is 50. The summed E-state index contributed by atoms with van der Waals surface area (Å²) in [7, 11) is 0. The van der Waals surface area contributed by atoms with Crippen molar-refractivity contribution in [3.63, 3.8) is 0 Å². The molecule has 3 N–H and O–H groups in total. The fourth-order valence-corrected chi connectivity index (χ4v) is 8.52. The van der Waals surface area contributed by atoms with Crippen LogP contribution < -0.4 is 0 Å². The van der Waals surface area contributed by atoms with Crippen LogP contribution in [0.3, 0.4) is 0 Å². The molecule has 368 valence electrons. The molecule has 6 nitrogen and oxygen atoms in total. The Balaban J connectivity index is 4.83. The second kappa shape index (κ2) is 46.6. The van der Waals surface area contributed by atoms with Gasteiger partial charge in [0, 0.05) is 19.3 Å². The molecule has 0 heterocycles. The summed E-state index contributed by atoms with van der Waals surface area (Å²) in [5.41, 5.74) is -2.82. The van der Waals surface area contributed by atoms with E-state index in [0.29, 0.717) is 19.3 Å². The van der Waals surface area contributed by atoms with Gasteiger partial charge in [-0.3, -0.25) is 14.4 Å².